The van der Waals surface area contributed by atoms with E-state index in [1.807, 2.05) is 26.0 Å². The molecule has 2 rings (SSSR count). The number of amides is 1. The van der Waals surface area contributed by atoms with Crippen LogP contribution in [0.4, 0.5) is 17.2 Å². The van der Waals surface area contributed by atoms with Gasteiger partial charge in [0, 0.05) is 36.6 Å². The Bertz CT molecular complexity index is 665. The first-order chi connectivity index (χ1) is 11.5. The molecule has 1 amide bonds. The van der Waals surface area contributed by atoms with E-state index in [1.54, 1.807) is 6.07 Å². The highest BCUT2D eigenvalue weighted by Gasteiger charge is 2.10. The Morgan fingerprint density at radius 1 is 1.12 bits per heavy atom. The highest BCUT2D eigenvalue weighted by molar-refractivity contribution is 5.93. The van der Waals surface area contributed by atoms with Gasteiger partial charge in [0.1, 0.15) is 17.8 Å². The van der Waals surface area contributed by atoms with Crippen molar-refractivity contribution in [1.29, 1.82) is 0 Å². The zero-order chi connectivity index (χ0) is 17.5. The molecule has 2 aromatic rings. The van der Waals surface area contributed by atoms with Crippen molar-refractivity contribution >= 4 is 23.1 Å². The van der Waals surface area contributed by atoms with Gasteiger partial charge < -0.3 is 15.5 Å². The Morgan fingerprint density at radius 2 is 1.79 bits per heavy atom. The number of anilines is 3. The van der Waals surface area contributed by atoms with Crippen LogP contribution in [-0.2, 0) is 0 Å². The Hall–Kier alpha value is -2.63. The van der Waals surface area contributed by atoms with Gasteiger partial charge in [0.15, 0.2) is 0 Å². The van der Waals surface area contributed by atoms with Crippen LogP contribution in [0.25, 0.3) is 0 Å². The lowest BCUT2D eigenvalue weighted by atomic mass is 10.2. The number of carbonyl (C=O) groups excluding carboxylic acids is 1. The van der Waals surface area contributed by atoms with Crippen LogP contribution in [0.2, 0.25) is 0 Å². The van der Waals surface area contributed by atoms with Gasteiger partial charge in [-0.15, -0.1) is 0 Å². The molecule has 0 aliphatic rings. The predicted octanol–water partition coefficient (Wildman–Crippen LogP) is 3.20. The summed E-state index contributed by atoms with van der Waals surface area (Å²) >= 11 is 0. The number of nitrogens with zero attached hydrogens (tertiary/aromatic N) is 3. The lowest BCUT2D eigenvalue weighted by Crippen LogP contribution is -2.30. The van der Waals surface area contributed by atoms with E-state index in [1.165, 1.54) is 12.0 Å². The fourth-order valence-corrected chi connectivity index (χ4v) is 2.38. The maximum absolute atomic E-state index is 12.0. The summed E-state index contributed by atoms with van der Waals surface area (Å²) in [4.78, 5) is 22.5. The number of hydrogen-bond donors (Lipinski definition) is 2. The molecule has 0 atom stereocenters. The van der Waals surface area contributed by atoms with Crippen molar-refractivity contribution in [3.05, 3.63) is 42.4 Å². The maximum Gasteiger partial charge on any atom is 0.270 e. The van der Waals surface area contributed by atoms with Crippen molar-refractivity contribution in [1.82, 2.24) is 15.3 Å². The fourth-order valence-electron chi connectivity index (χ4n) is 2.38. The summed E-state index contributed by atoms with van der Waals surface area (Å²) in [6, 6.07) is 9.87. The number of hydrogen-bond acceptors (Lipinski definition) is 5. The minimum absolute atomic E-state index is 0.0662. The van der Waals surface area contributed by atoms with Crippen LogP contribution in [0.3, 0.4) is 0 Å². The second kappa shape index (κ2) is 8.29. The van der Waals surface area contributed by atoms with Crippen molar-refractivity contribution in [3.8, 4) is 0 Å². The van der Waals surface area contributed by atoms with Crippen molar-refractivity contribution in [2.75, 3.05) is 23.3 Å². The third kappa shape index (κ3) is 4.68. The van der Waals surface area contributed by atoms with Gasteiger partial charge in [-0.1, -0.05) is 0 Å². The van der Waals surface area contributed by atoms with Crippen LogP contribution in [0.5, 0.6) is 0 Å². The summed E-state index contributed by atoms with van der Waals surface area (Å²) < 4.78 is 0. The van der Waals surface area contributed by atoms with Crippen molar-refractivity contribution in [2.24, 2.45) is 0 Å². The summed E-state index contributed by atoms with van der Waals surface area (Å²) in [5.41, 5.74) is 2.45. The Labute approximate surface area is 143 Å². The zero-order valence-corrected chi connectivity index (χ0v) is 14.7. The van der Waals surface area contributed by atoms with Gasteiger partial charge in [0.05, 0.1) is 0 Å². The molecule has 1 aromatic carbocycles. The maximum atomic E-state index is 12.0. The van der Waals surface area contributed by atoms with E-state index in [-0.39, 0.29) is 11.9 Å². The molecular formula is C18H25N5O. The SMILES string of the molecule is CCN(CC)c1ccc(Nc2cc(C(=O)NC(C)C)ncn2)cc1. The predicted molar refractivity (Wildman–Crippen MR) is 97.9 cm³/mol. The summed E-state index contributed by atoms with van der Waals surface area (Å²) in [6.07, 6.45) is 1.39. The third-order valence-electron chi connectivity index (χ3n) is 3.59. The normalized spacial score (nSPS) is 10.5. The minimum Gasteiger partial charge on any atom is -0.372 e. The molecule has 2 N–H and O–H groups in total. The lowest BCUT2D eigenvalue weighted by molar-refractivity contribution is 0.0938. The van der Waals surface area contributed by atoms with E-state index in [0.717, 1.165) is 18.8 Å². The smallest absolute Gasteiger partial charge is 0.270 e. The van der Waals surface area contributed by atoms with E-state index in [0.29, 0.717) is 11.5 Å². The van der Waals surface area contributed by atoms with Crippen LogP contribution < -0.4 is 15.5 Å². The van der Waals surface area contributed by atoms with E-state index in [2.05, 4.69) is 51.5 Å². The van der Waals surface area contributed by atoms with Crippen LogP contribution >= 0.6 is 0 Å². The summed E-state index contributed by atoms with van der Waals surface area (Å²) in [7, 11) is 0. The molecule has 0 aliphatic carbocycles. The van der Waals surface area contributed by atoms with Gasteiger partial charge in [0.2, 0.25) is 0 Å². The van der Waals surface area contributed by atoms with Gasteiger partial charge in [-0.3, -0.25) is 4.79 Å². The molecule has 6 heteroatoms. The van der Waals surface area contributed by atoms with Gasteiger partial charge in [0.25, 0.3) is 5.91 Å². The first-order valence-electron chi connectivity index (χ1n) is 8.28. The van der Waals surface area contributed by atoms with Gasteiger partial charge in [-0.25, -0.2) is 9.97 Å². The monoisotopic (exact) mass is 327 g/mol. The molecule has 24 heavy (non-hydrogen) atoms. The summed E-state index contributed by atoms with van der Waals surface area (Å²) in [5.74, 6) is 0.391. The van der Waals surface area contributed by atoms with Gasteiger partial charge in [-0.2, -0.15) is 0 Å². The highest BCUT2D eigenvalue weighted by Crippen LogP contribution is 2.20. The third-order valence-corrected chi connectivity index (χ3v) is 3.59. The molecular weight excluding hydrogens is 302 g/mol. The number of benzene rings is 1. The van der Waals surface area contributed by atoms with Crippen LogP contribution in [0.15, 0.2) is 36.7 Å². The van der Waals surface area contributed by atoms with Gasteiger partial charge in [-0.05, 0) is 52.0 Å². The minimum atomic E-state index is -0.202. The average Bonchev–Trinajstić information content (AvgIpc) is 2.57. The molecule has 1 heterocycles. The quantitative estimate of drug-likeness (QED) is 0.817. The molecule has 0 saturated heterocycles. The number of carbonyl (C=O) groups is 1. The van der Waals surface area contributed by atoms with Crippen molar-refractivity contribution in [3.63, 3.8) is 0 Å². The summed E-state index contributed by atoms with van der Waals surface area (Å²) in [5, 5.41) is 6.03. The Kier molecular flexibility index (Phi) is 6.12. The molecule has 0 fully saturated rings. The lowest BCUT2D eigenvalue weighted by Gasteiger charge is -2.21. The molecule has 0 saturated carbocycles. The second-order valence-corrected chi connectivity index (χ2v) is 5.76. The Balaban J connectivity index is 2.09. The Morgan fingerprint density at radius 3 is 2.38 bits per heavy atom. The van der Waals surface area contributed by atoms with E-state index >= 15 is 0 Å². The summed E-state index contributed by atoms with van der Waals surface area (Å²) in [6.45, 7) is 10.1. The molecule has 0 spiro atoms. The number of aromatic nitrogens is 2. The second-order valence-electron chi connectivity index (χ2n) is 5.76. The van der Waals surface area contributed by atoms with Gasteiger partial charge >= 0.3 is 0 Å². The molecule has 0 unspecified atom stereocenters. The van der Waals surface area contributed by atoms with Crippen LogP contribution in [0.1, 0.15) is 38.2 Å². The first-order valence-corrected chi connectivity index (χ1v) is 8.28. The topological polar surface area (TPSA) is 70.2 Å². The average molecular weight is 327 g/mol. The fraction of sp³-hybridized carbons (Fsp3) is 0.389. The van der Waals surface area contributed by atoms with Crippen molar-refractivity contribution in [2.45, 2.75) is 33.7 Å². The molecule has 1 aromatic heterocycles. The standard InChI is InChI=1S/C18H25N5O/c1-5-23(6-2)15-9-7-14(8-10-15)22-17-11-16(19-12-20-17)18(24)21-13(3)4/h7-13H,5-6H2,1-4H3,(H,21,24)(H,19,20,22). The van der Waals surface area contributed by atoms with Crippen LogP contribution in [-0.4, -0.2) is 35.0 Å². The molecule has 128 valence electrons. The molecule has 0 aliphatic heterocycles. The van der Waals surface area contributed by atoms with Crippen molar-refractivity contribution < 1.29 is 4.79 Å². The molecule has 0 radical (unpaired) electrons. The van der Waals surface area contributed by atoms with E-state index in [4.69, 9.17) is 0 Å². The number of nitrogens with one attached hydrogen (secondary N) is 2. The van der Waals surface area contributed by atoms with Crippen LogP contribution in [0, 0.1) is 0 Å². The van der Waals surface area contributed by atoms with E-state index < -0.39 is 0 Å². The zero-order valence-electron chi connectivity index (χ0n) is 14.7. The van der Waals surface area contributed by atoms with E-state index in [9.17, 15) is 4.79 Å². The first kappa shape index (κ1) is 17.7. The largest absolute Gasteiger partial charge is 0.372 e. The molecule has 6 nitrogen and oxygen atoms in total. The highest BCUT2D eigenvalue weighted by atomic mass is 16.1. The molecule has 0 bridgehead atoms. The number of rotatable bonds is 7.